The zero-order chi connectivity index (χ0) is 27.3. The average molecular weight is 520 g/mol. The fourth-order valence-electron chi connectivity index (χ4n) is 6.04. The second-order valence-corrected chi connectivity index (χ2v) is 11.6. The molecule has 1 atom stereocenters. The SMILES string of the molecule is CC(=O)N1CCC(O)(c2nc(-c3cncc([C@@](O)(c4ccc(C(C)C)cc4)C4(C)CN(C)C4)c3)no2)CC1. The zero-order valence-corrected chi connectivity index (χ0v) is 22.8. The summed E-state index contributed by atoms with van der Waals surface area (Å²) in [5.74, 6) is 0.807. The van der Waals surface area contributed by atoms with E-state index in [0.29, 0.717) is 48.8 Å². The minimum atomic E-state index is -1.29. The normalized spacial score (nSPS) is 20.7. The van der Waals surface area contributed by atoms with E-state index in [0.717, 1.165) is 18.7 Å². The summed E-state index contributed by atoms with van der Waals surface area (Å²) in [4.78, 5) is 24.5. The Balaban J connectivity index is 1.49. The largest absolute Gasteiger partial charge is 0.380 e. The summed E-state index contributed by atoms with van der Waals surface area (Å²) in [6.45, 7) is 10.2. The molecule has 38 heavy (non-hydrogen) atoms. The lowest BCUT2D eigenvalue weighted by Crippen LogP contribution is -2.63. The van der Waals surface area contributed by atoms with E-state index in [1.807, 2.05) is 25.2 Å². The minimum absolute atomic E-state index is 0.0150. The van der Waals surface area contributed by atoms with Crippen molar-refractivity contribution in [2.45, 2.75) is 57.7 Å². The van der Waals surface area contributed by atoms with Crippen molar-refractivity contribution in [3.63, 3.8) is 0 Å². The average Bonchev–Trinajstić information content (AvgIpc) is 3.39. The van der Waals surface area contributed by atoms with Gasteiger partial charge in [-0.15, -0.1) is 0 Å². The van der Waals surface area contributed by atoms with Gasteiger partial charge in [0.05, 0.1) is 0 Å². The molecule has 0 saturated carbocycles. The Kier molecular flexibility index (Phi) is 6.65. The number of carbonyl (C=O) groups is 1. The van der Waals surface area contributed by atoms with E-state index in [4.69, 9.17) is 4.52 Å². The molecule has 2 aliphatic rings. The van der Waals surface area contributed by atoms with Crippen molar-refractivity contribution in [2.75, 3.05) is 33.2 Å². The van der Waals surface area contributed by atoms with Crippen LogP contribution < -0.4 is 0 Å². The molecular formula is C29H37N5O4. The van der Waals surface area contributed by atoms with Crippen molar-refractivity contribution in [3.05, 3.63) is 65.3 Å². The van der Waals surface area contributed by atoms with E-state index in [-0.39, 0.29) is 11.8 Å². The van der Waals surface area contributed by atoms with Gasteiger partial charge in [0.2, 0.25) is 11.7 Å². The van der Waals surface area contributed by atoms with E-state index < -0.39 is 16.6 Å². The number of amides is 1. The third-order valence-corrected chi connectivity index (χ3v) is 8.38. The van der Waals surface area contributed by atoms with Gasteiger partial charge < -0.3 is 24.5 Å². The number of benzene rings is 1. The first-order chi connectivity index (χ1) is 17.9. The van der Waals surface area contributed by atoms with E-state index in [1.54, 1.807) is 17.3 Å². The zero-order valence-electron chi connectivity index (χ0n) is 22.8. The van der Waals surface area contributed by atoms with Crippen LogP contribution in [0.5, 0.6) is 0 Å². The van der Waals surface area contributed by atoms with Crippen LogP contribution in [0.4, 0.5) is 0 Å². The summed E-state index contributed by atoms with van der Waals surface area (Å²) in [5, 5.41) is 27.8. The Morgan fingerprint density at radius 1 is 1.11 bits per heavy atom. The first-order valence-corrected chi connectivity index (χ1v) is 13.2. The molecule has 0 radical (unpaired) electrons. The number of hydrogen-bond acceptors (Lipinski definition) is 8. The Hall–Kier alpha value is -3.14. The maximum Gasteiger partial charge on any atom is 0.259 e. The standard InChI is InChI=1S/C29H37N5O4/c1-19(2)21-6-8-23(9-7-21)29(37,27(4)17-33(5)18-27)24-14-22(15-30-16-24)25-31-26(38-32-25)28(36)10-12-34(13-11-28)20(3)35/h6-9,14-16,19,36-37H,10-13,17-18H2,1-5H3/t29-/m0/s1. The molecule has 1 aromatic carbocycles. The highest BCUT2D eigenvalue weighted by Gasteiger charge is 2.55. The highest BCUT2D eigenvalue weighted by atomic mass is 16.5. The van der Waals surface area contributed by atoms with Gasteiger partial charge in [-0.2, -0.15) is 4.98 Å². The van der Waals surface area contributed by atoms with Gasteiger partial charge in [-0.1, -0.05) is 50.2 Å². The second kappa shape index (κ2) is 9.55. The molecule has 2 aliphatic heterocycles. The first kappa shape index (κ1) is 26.5. The molecule has 0 unspecified atom stereocenters. The molecule has 2 N–H and O–H groups in total. The number of hydrogen-bond donors (Lipinski definition) is 2. The van der Waals surface area contributed by atoms with Crippen LogP contribution in [0.3, 0.4) is 0 Å². The molecule has 0 bridgehead atoms. The van der Waals surface area contributed by atoms with Crippen LogP contribution >= 0.6 is 0 Å². The lowest BCUT2D eigenvalue weighted by Gasteiger charge is -2.55. The Morgan fingerprint density at radius 2 is 1.76 bits per heavy atom. The fourth-order valence-corrected chi connectivity index (χ4v) is 6.04. The Bertz CT molecular complexity index is 1310. The summed E-state index contributed by atoms with van der Waals surface area (Å²) in [5.41, 5.74) is 0.275. The summed E-state index contributed by atoms with van der Waals surface area (Å²) >= 11 is 0. The highest BCUT2D eigenvalue weighted by Crippen LogP contribution is 2.50. The van der Waals surface area contributed by atoms with Crippen LogP contribution in [0.15, 0.2) is 47.2 Å². The summed E-state index contributed by atoms with van der Waals surface area (Å²) < 4.78 is 5.51. The van der Waals surface area contributed by atoms with E-state index in [9.17, 15) is 15.0 Å². The van der Waals surface area contributed by atoms with Gasteiger partial charge in [-0.25, -0.2) is 0 Å². The van der Waals surface area contributed by atoms with Crippen LogP contribution in [0.1, 0.15) is 69.0 Å². The molecule has 3 aromatic rings. The lowest BCUT2D eigenvalue weighted by atomic mass is 9.62. The monoisotopic (exact) mass is 519 g/mol. The molecule has 0 aliphatic carbocycles. The molecule has 0 spiro atoms. The van der Waals surface area contributed by atoms with Crippen molar-refractivity contribution in [1.29, 1.82) is 0 Å². The first-order valence-electron chi connectivity index (χ1n) is 13.2. The molecule has 1 amide bonds. The lowest BCUT2D eigenvalue weighted by molar-refractivity contribution is -0.134. The number of nitrogens with zero attached hydrogens (tertiary/aromatic N) is 5. The van der Waals surface area contributed by atoms with Crippen LogP contribution in [0.2, 0.25) is 0 Å². The van der Waals surface area contributed by atoms with Gasteiger partial charge in [-0.3, -0.25) is 9.78 Å². The third-order valence-electron chi connectivity index (χ3n) is 8.38. The summed E-state index contributed by atoms with van der Waals surface area (Å²) in [6, 6.07) is 10.1. The third kappa shape index (κ3) is 4.42. The molecule has 5 rings (SSSR count). The smallest absolute Gasteiger partial charge is 0.259 e. The Labute approximate surface area is 223 Å². The molecule has 4 heterocycles. The molecule has 202 valence electrons. The van der Waals surface area contributed by atoms with Crippen LogP contribution in [0.25, 0.3) is 11.4 Å². The molecular weight excluding hydrogens is 482 g/mol. The molecule has 2 aromatic heterocycles. The number of pyridine rings is 1. The number of piperidine rings is 1. The Morgan fingerprint density at radius 3 is 2.34 bits per heavy atom. The summed E-state index contributed by atoms with van der Waals surface area (Å²) in [7, 11) is 2.05. The van der Waals surface area contributed by atoms with Gasteiger partial charge in [0.15, 0.2) is 0 Å². The van der Waals surface area contributed by atoms with Crippen molar-refractivity contribution in [1.82, 2.24) is 24.9 Å². The van der Waals surface area contributed by atoms with Crippen molar-refractivity contribution >= 4 is 5.91 Å². The number of rotatable bonds is 6. The quantitative estimate of drug-likeness (QED) is 0.510. The van der Waals surface area contributed by atoms with Gasteiger partial charge in [0.25, 0.3) is 5.89 Å². The summed E-state index contributed by atoms with van der Waals surface area (Å²) in [6.07, 6.45) is 3.99. The van der Waals surface area contributed by atoms with E-state index >= 15 is 0 Å². The second-order valence-electron chi connectivity index (χ2n) is 11.6. The van der Waals surface area contributed by atoms with Gasteiger partial charge in [0, 0.05) is 74.9 Å². The van der Waals surface area contributed by atoms with Gasteiger partial charge >= 0.3 is 0 Å². The molecule has 2 fully saturated rings. The van der Waals surface area contributed by atoms with Crippen LogP contribution in [-0.2, 0) is 16.0 Å². The number of aliphatic hydroxyl groups is 2. The van der Waals surface area contributed by atoms with Crippen molar-refractivity contribution in [2.24, 2.45) is 5.41 Å². The predicted molar refractivity (Wildman–Crippen MR) is 142 cm³/mol. The van der Waals surface area contributed by atoms with Crippen LogP contribution in [0, 0.1) is 5.41 Å². The van der Waals surface area contributed by atoms with Crippen molar-refractivity contribution < 1.29 is 19.5 Å². The number of likely N-dealkylation sites (tertiary alicyclic amines) is 2. The van der Waals surface area contributed by atoms with Crippen LogP contribution in [-0.4, -0.2) is 74.3 Å². The number of carbonyl (C=O) groups excluding carboxylic acids is 1. The molecule has 9 heteroatoms. The highest BCUT2D eigenvalue weighted by molar-refractivity contribution is 5.73. The molecule has 2 saturated heterocycles. The maximum atomic E-state index is 12.5. The van der Waals surface area contributed by atoms with E-state index in [2.05, 4.69) is 52.9 Å². The van der Waals surface area contributed by atoms with Crippen molar-refractivity contribution in [3.8, 4) is 11.4 Å². The topological polar surface area (TPSA) is 116 Å². The van der Waals surface area contributed by atoms with Gasteiger partial charge in [0.1, 0.15) is 11.2 Å². The predicted octanol–water partition coefficient (Wildman–Crippen LogP) is 3.27. The minimum Gasteiger partial charge on any atom is -0.380 e. The fraction of sp³-hybridized carbons (Fsp3) is 0.517. The molecule has 9 nitrogen and oxygen atoms in total. The van der Waals surface area contributed by atoms with Gasteiger partial charge in [-0.05, 0) is 30.2 Å². The maximum absolute atomic E-state index is 12.5. The van der Waals surface area contributed by atoms with E-state index in [1.165, 1.54) is 12.5 Å². The number of aromatic nitrogens is 3.